The molecule has 1 aliphatic rings. The minimum atomic E-state index is -1.17. The predicted molar refractivity (Wildman–Crippen MR) is 68.2 cm³/mol. The van der Waals surface area contributed by atoms with Crippen molar-refractivity contribution < 1.29 is 19.7 Å². The van der Waals surface area contributed by atoms with Crippen molar-refractivity contribution in [1.82, 2.24) is 9.55 Å². The number of aliphatic hydroxyl groups is 2. The molecule has 4 atom stereocenters. The lowest BCUT2D eigenvalue weighted by Crippen LogP contribution is -2.37. The molecule has 1 fully saturated rings. The average Bonchev–Trinajstić information content (AvgIpc) is 2.73. The summed E-state index contributed by atoms with van der Waals surface area (Å²) in [4.78, 5) is 15.3. The van der Waals surface area contributed by atoms with Gasteiger partial charge in [-0.1, -0.05) is 5.92 Å². The molecule has 2 rings (SSSR count). The van der Waals surface area contributed by atoms with Crippen molar-refractivity contribution in [3.05, 3.63) is 22.7 Å². The van der Waals surface area contributed by atoms with Gasteiger partial charge in [0.15, 0.2) is 12.3 Å². The largest absolute Gasteiger partial charge is 0.437 e. The minimum Gasteiger partial charge on any atom is -0.437 e. The van der Waals surface area contributed by atoms with E-state index in [1.807, 2.05) is 0 Å². The minimum absolute atomic E-state index is 0.0714. The molecule has 0 radical (unpaired) electrons. The van der Waals surface area contributed by atoms with Crippen molar-refractivity contribution in [3.63, 3.8) is 0 Å². The lowest BCUT2D eigenvalue weighted by atomic mass is 10.1. The highest BCUT2D eigenvalue weighted by molar-refractivity contribution is 5.23. The Bertz CT molecular complexity index is 591. The van der Waals surface area contributed by atoms with Crippen LogP contribution in [0.2, 0.25) is 0 Å². The Balaban J connectivity index is 2.28. The van der Waals surface area contributed by atoms with Crippen LogP contribution >= 0.6 is 0 Å². The Morgan fingerprint density at radius 2 is 2.40 bits per heavy atom. The van der Waals surface area contributed by atoms with Crippen LogP contribution in [0.15, 0.2) is 17.1 Å². The first-order valence-corrected chi connectivity index (χ1v) is 5.95. The van der Waals surface area contributed by atoms with Gasteiger partial charge in [-0.2, -0.15) is 4.98 Å². The van der Waals surface area contributed by atoms with Gasteiger partial charge in [0.2, 0.25) is 0 Å². The Morgan fingerprint density at radius 1 is 1.65 bits per heavy atom. The molecule has 0 spiro atoms. The molecule has 4 N–H and O–H groups in total. The first kappa shape index (κ1) is 14.3. The fraction of sp³-hybridized carbons (Fsp3) is 0.500. The topological polar surface area (TPSA) is 120 Å². The van der Waals surface area contributed by atoms with Crippen molar-refractivity contribution in [2.24, 2.45) is 0 Å². The normalized spacial score (nSPS) is 28.8. The quantitative estimate of drug-likeness (QED) is 0.573. The molecule has 0 saturated carbocycles. The Labute approximate surface area is 114 Å². The molecule has 108 valence electrons. The van der Waals surface area contributed by atoms with Gasteiger partial charge in [-0.3, -0.25) is 4.57 Å². The summed E-state index contributed by atoms with van der Waals surface area (Å²) in [5.41, 5.74) is 4.74. The van der Waals surface area contributed by atoms with Crippen molar-refractivity contribution in [1.29, 1.82) is 0 Å². The summed E-state index contributed by atoms with van der Waals surface area (Å²) in [6.07, 6.45) is -0.120. The van der Waals surface area contributed by atoms with Crippen LogP contribution in [0.5, 0.6) is 0 Å². The van der Waals surface area contributed by atoms with E-state index in [9.17, 15) is 15.0 Å². The number of nitrogens with two attached hydrogens (primary N) is 1. The monoisotopic (exact) mass is 281 g/mol. The van der Waals surface area contributed by atoms with E-state index >= 15 is 0 Å². The van der Waals surface area contributed by atoms with Gasteiger partial charge in [-0.15, -0.1) is 0 Å². The highest BCUT2D eigenvalue weighted by Gasteiger charge is 2.46. The van der Waals surface area contributed by atoms with Gasteiger partial charge in [0.25, 0.3) is 0 Å². The third-order valence-electron chi connectivity index (χ3n) is 2.91. The molecule has 20 heavy (non-hydrogen) atoms. The number of nitrogen functional groups attached to an aromatic ring is 1. The van der Waals surface area contributed by atoms with E-state index in [0.717, 1.165) is 4.57 Å². The Kier molecular flexibility index (Phi) is 4.24. The SMILES string of the molecule is CC#CO[C@H]1[C@@H](O)[C@H](n2ccc(N)nc2=O)O[C@@H]1CO. The van der Waals surface area contributed by atoms with E-state index in [-0.39, 0.29) is 12.4 Å². The van der Waals surface area contributed by atoms with Gasteiger partial charge < -0.3 is 25.4 Å². The second-order valence-electron chi connectivity index (χ2n) is 4.22. The van der Waals surface area contributed by atoms with Crippen LogP contribution in [-0.2, 0) is 9.47 Å². The number of hydrogen-bond donors (Lipinski definition) is 3. The third-order valence-corrected chi connectivity index (χ3v) is 2.91. The van der Waals surface area contributed by atoms with Gasteiger partial charge in [-0.05, 0) is 6.07 Å². The molecule has 8 nitrogen and oxygen atoms in total. The predicted octanol–water partition coefficient (Wildman–Crippen LogP) is -1.56. The van der Waals surface area contributed by atoms with E-state index in [2.05, 4.69) is 17.0 Å². The second-order valence-corrected chi connectivity index (χ2v) is 4.22. The highest BCUT2D eigenvalue weighted by atomic mass is 16.6. The maximum Gasteiger partial charge on any atom is 0.351 e. The summed E-state index contributed by atoms with van der Waals surface area (Å²) in [7, 11) is 0. The fourth-order valence-electron chi connectivity index (χ4n) is 1.99. The zero-order chi connectivity index (χ0) is 14.7. The summed E-state index contributed by atoms with van der Waals surface area (Å²) in [5, 5.41) is 19.4. The van der Waals surface area contributed by atoms with Gasteiger partial charge in [-0.25, -0.2) is 4.79 Å². The van der Waals surface area contributed by atoms with Gasteiger partial charge in [0.1, 0.15) is 24.1 Å². The molecule has 1 saturated heterocycles. The van der Waals surface area contributed by atoms with Crippen molar-refractivity contribution in [2.45, 2.75) is 31.5 Å². The second kappa shape index (κ2) is 5.92. The zero-order valence-corrected chi connectivity index (χ0v) is 10.8. The van der Waals surface area contributed by atoms with Crippen LogP contribution in [0.1, 0.15) is 13.2 Å². The molecule has 0 aliphatic carbocycles. The molecule has 2 heterocycles. The molecule has 1 aromatic heterocycles. The van der Waals surface area contributed by atoms with E-state index in [1.54, 1.807) is 6.92 Å². The van der Waals surface area contributed by atoms with Crippen LogP contribution in [0.4, 0.5) is 5.82 Å². The number of ether oxygens (including phenoxy) is 2. The number of rotatable bonds is 3. The van der Waals surface area contributed by atoms with Crippen LogP contribution in [0.25, 0.3) is 0 Å². The van der Waals surface area contributed by atoms with Crippen LogP contribution < -0.4 is 11.4 Å². The maximum absolute atomic E-state index is 11.7. The van der Waals surface area contributed by atoms with Crippen LogP contribution in [0, 0.1) is 12.0 Å². The molecule has 1 aromatic rings. The third kappa shape index (κ3) is 2.60. The van der Waals surface area contributed by atoms with E-state index < -0.39 is 30.2 Å². The molecule has 8 heteroatoms. The number of anilines is 1. The molecular weight excluding hydrogens is 266 g/mol. The summed E-state index contributed by atoms with van der Waals surface area (Å²) in [6, 6.07) is 1.41. The molecular formula is C12H15N3O5. The molecule has 0 aromatic carbocycles. The summed E-state index contributed by atoms with van der Waals surface area (Å²) < 4.78 is 11.6. The first-order chi connectivity index (χ1) is 9.58. The van der Waals surface area contributed by atoms with Gasteiger partial charge >= 0.3 is 5.69 Å². The van der Waals surface area contributed by atoms with E-state index in [4.69, 9.17) is 15.2 Å². The maximum atomic E-state index is 11.7. The van der Waals surface area contributed by atoms with Crippen LogP contribution in [-0.4, -0.2) is 44.7 Å². The lowest BCUT2D eigenvalue weighted by molar-refractivity contribution is -0.0549. The van der Waals surface area contributed by atoms with E-state index in [1.165, 1.54) is 12.3 Å². The number of nitrogens with zero attached hydrogens (tertiary/aromatic N) is 2. The van der Waals surface area contributed by atoms with Crippen molar-refractivity contribution in [2.75, 3.05) is 12.3 Å². The summed E-state index contributed by atoms with van der Waals surface area (Å²) in [5.74, 6) is 2.59. The average molecular weight is 281 g/mol. The zero-order valence-electron chi connectivity index (χ0n) is 10.8. The summed E-state index contributed by atoms with van der Waals surface area (Å²) >= 11 is 0. The number of aromatic nitrogens is 2. The molecule has 0 amide bonds. The van der Waals surface area contributed by atoms with Crippen molar-refractivity contribution in [3.8, 4) is 12.0 Å². The highest BCUT2D eigenvalue weighted by Crippen LogP contribution is 2.30. The molecule has 0 unspecified atom stereocenters. The Hall–Kier alpha value is -2.08. The first-order valence-electron chi connectivity index (χ1n) is 5.95. The molecule has 0 bridgehead atoms. The lowest BCUT2D eigenvalue weighted by Gasteiger charge is -2.17. The molecule has 1 aliphatic heterocycles. The van der Waals surface area contributed by atoms with Crippen molar-refractivity contribution >= 4 is 5.82 Å². The van der Waals surface area contributed by atoms with Crippen LogP contribution in [0.3, 0.4) is 0 Å². The smallest absolute Gasteiger partial charge is 0.351 e. The standard InChI is InChI=1S/C12H15N3O5/c1-2-5-19-10-7(6-16)20-11(9(10)17)15-4-3-8(13)14-12(15)18/h3-4,7,9-11,16-17H,6H2,1H3,(H2,13,14,18)/t7-,9-,10-,11-/m1/s1. The van der Waals surface area contributed by atoms with Gasteiger partial charge in [0.05, 0.1) is 6.61 Å². The Morgan fingerprint density at radius 3 is 3.00 bits per heavy atom. The summed E-state index contributed by atoms with van der Waals surface area (Å²) in [6.45, 7) is 1.20. The fourth-order valence-corrected chi connectivity index (χ4v) is 1.99. The number of aliphatic hydroxyl groups excluding tert-OH is 2. The number of hydrogen-bond acceptors (Lipinski definition) is 7. The van der Waals surface area contributed by atoms with Gasteiger partial charge in [0, 0.05) is 13.1 Å². The van der Waals surface area contributed by atoms with E-state index in [0.29, 0.717) is 0 Å².